The Morgan fingerprint density at radius 2 is 1.58 bits per heavy atom. The molecular weight excluding hydrogens is 412 g/mol. The van der Waals surface area contributed by atoms with Gasteiger partial charge in [0, 0.05) is 55.5 Å². The molecule has 0 atom stereocenters. The van der Waals surface area contributed by atoms with Gasteiger partial charge in [0.25, 0.3) is 5.91 Å². The lowest BCUT2D eigenvalue weighted by Crippen LogP contribution is -2.44. The van der Waals surface area contributed by atoms with Gasteiger partial charge < -0.3 is 14.7 Å². The average molecular weight is 441 g/mol. The second-order valence-electron chi connectivity index (χ2n) is 8.80. The Bertz CT molecular complexity index is 1110. The largest absolute Gasteiger partial charge is 0.371 e. The number of piperidine rings is 1. The van der Waals surface area contributed by atoms with Crippen LogP contribution in [0.4, 0.5) is 11.4 Å². The Morgan fingerprint density at radius 1 is 0.879 bits per heavy atom. The molecule has 6 nitrogen and oxygen atoms in total. The number of hydrogen-bond donors (Lipinski definition) is 0. The van der Waals surface area contributed by atoms with Crippen molar-refractivity contribution >= 4 is 23.2 Å². The van der Waals surface area contributed by atoms with E-state index in [-0.39, 0.29) is 18.4 Å². The molecule has 3 heterocycles. The van der Waals surface area contributed by atoms with E-state index in [1.807, 2.05) is 71.9 Å². The van der Waals surface area contributed by atoms with Crippen LogP contribution in [-0.2, 0) is 11.3 Å². The molecule has 33 heavy (non-hydrogen) atoms. The monoisotopic (exact) mass is 440 g/mol. The Hall–Kier alpha value is -3.67. The second-order valence-corrected chi connectivity index (χ2v) is 8.80. The Morgan fingerprint density at radius 3 is 2.33 bits per heavy atom. The molecule has 0 saturated carbocycles. The van der Waals surface area contributed by atoms with E-state index in [4.69, 9.17) is 0 Å². The Balaban J connectivity index is 1.31. The number of fused-ring (bicyclic) bond motifs is 1. The van der Waals surface area contributed by atoms with Crippen molar-refractivity contribution in [2.75, 3.05) is 36.0 Å². The van der Waals surface area contributed by atoms with Gasteiger partial charge in [-0.25, -0.2) is 0 Å². The van der Waals surface area contributed by atoms with Crippen molar-refractivity contribution in [3.8, 4) is 0 Å². The molecule has 168 valence electrons. The van der Waals surface area contributed by atoms with E-state index >= 15 is 0 Å². The first-order valence-corrected chi connectivity index (χ1v) is 11.6. The average Bonchev–Trinajstić information content (AvgIpc) is 3.01. The van der Waals surface area contributed by atoms with Gasteiger partial charge in [-0.2, -0.15) is 0 Å². The quantitative estimate of drug-likeness (QED) is 0.616. The van der Waals surface area contributed by atoms with Gasteiger partial charge in [-0.1, -0.05) is 36.4 Å². The number of pyridine rings is 1. The summed E-state index contributed by atoms with van der Waals surface area (Å²) in [4.78, 5) is 36.6. The molecule has 0 spiro atoms. The number of amides is 2. The van der Waals surface area contributed by atoms with Gasteiger partial charge in [0.1, 0.15) is 6.54 Å². The number of rotatable bonds is 4. The van der Waals surface area contributed by atoms with Gasteiger partial charge in [-0.3, -0.25) is 14.6 Å². The van der Waals surface area contributed by atoms with Crippen LogP contribution < -0.4 is 9.80 Å². The predicted molar refractivity (Wildman–Crippen MR) is 129 cm³/mol. The standard InChI is InChI=1S/C27H28N4O2/c32-26-20-30(27(33)22-6-2-1-3-7-22)19-23-8-4-5-9-25(23)31(26)18-21-12-16-29(17-13-21)24-10-14-28-15-11-24/h1-11,14-15,21H,12-13,16-20H2. The third kappa shape index (κ3) is 4.60. The zero-order chi connectivity index (χ0) is 22.6. The minimum absolute atomic E-state index is 0.0132. The molecule has 2 aliphatic heterocycles. The molecule has 1 fully saturated rings. The zero-order valence-electron chi connectivity index (χ0n) is 18.6. The van der Waals surface area contributed by atoms with Crippen LogP contribution in [0.5, 0.6) is 0 Å². The van der Waals surface area contributed by atoms with E-state index < -0.39 is 0 Å². The van der Waals surface area contributed by atoms with Crippen LogP contribution in [0, 0.1) is 5.92 Å². The maximum Gasteiger partial charge on any atom is 0.254 e. The van der Waals surface area contributed by atoms with Crippen molar-refractivity contribution in [3.63, 3.8) is 0 Å². The van der Waals surface area contributed by atoms with Crippen LogP contribution in [0.3, 0.4) is 0 Å². The van der Waals surface area contributed by atoms with Crippen molar-refractivity contribution in [1.82, 2.24) is 9.88 Å². The van der Waals surface area contributed by atoms with Crippen LogP contribution in [0.15, 0.2) is 79.1 Å². The summed E-state index contributed by atoms with van der Waals surface area (Å²) in [5, 5.41) is 0. The number of carbonyl (C=O) groups excluding carboxylic acids is 2. The number of hydrogen-bond acceptors (Lipinski definition) is 4. The highest BCUT2D eigenvalue weighted by Crippen LogP contribution is 2.30. The number of benzene rings is 2. The molecule has 1 saturated heterocycles. The minimum atomic E-state index is -0.105. The molecule has 6 heteroatoms. The molecule has 2 aliphatic rings. The van der Waals surface area contributed by atoms with Gasteiger partial charge in [0.05, 0.1) is 0 Å². The van der Waals surface area contributed by atoms with Crippen molar-refractivity contribution in [1.29, 1.82) is 0 Å². The number of aromatic nitrogens is 1. The highest BCUT2D eigenvalue weighted by atomic mass is 16.2. The van der Waals surface area contributed by atoms with Gasteiger partial charge in [0.2, 0.25) is 5.91 Å². The summed E-state index contributed by atoms with van der Waals surface area (Å²) in [5.74, 6) is 0.309. The van der Waals surface area contributed by atoms with Crippen LogP contribution >= 0.6 is 0 Å². The Kier molecular flexibility index (Phi) is 6.07. The molecule has 0 unspecified atom stereocenters. The first-order valence-electron chi connectivity index (χ1n) is 11.6. The molecule has 5 rings (SSSR count). The summed E-state index contributed by atoms with van der Waals surface area (Å²) < 4.78 is 0. The van der Waals surface area contributed by atoms with Crippen LogP contribution in [0.2, 0.25) is 0 Å². The summed E-state index contributed by atoms with van der Waals surface area (Å²) >= 11 is 0. The highest BCUT2D eigenvalue weighted by molar-refractivity contribution is 6.01. The van der Waals surface area contributed by atoms with E-state index in [9.17, 15) is 9.59 Å². The normalized spacial score (nSPS) is 17.0. The van der Waals surface area contributed by atoms with E-state index in [1.54, 1.807) is 17.0 Å². The molecular formula is C27H28N4O2. The number of carbonyl (C=O) groups is 2. The van der Waals surface area contributed by atoms with Gasteiger partial charge >= 0.3 is 0 Å². The number of para-hydroxylation sites is 1. The lowest BCUT2D eigenvalue weighted by atomic mass is 9.95. The van der Waals surface area contributed by atoms with Gasteiger partial charge in [-0.15, -0.1) is 0 Å². The third-order valence-electron chi connectivity index (χ3n) is 6.66. The molecule has 2 aromatic carbocycles. The maximum absolute atomic E-state index is 13.4. The summed E-state index contributed by atoms with van der Waals surface area (Å²) in [6, 6.07) is 21.3. The van der Waals surface area contributed by atoms with Crippen molar-refractivity contribution in [3.05, 3.63) is 90.3 Å². The molecule has 0 bridgehead atoms. The van der Waals surface area contributed by atoms with Crippen molar-refractivity contribution < 1.29 is 9.59 Å². The fourth-order valence-corrected chi connectivity index (χ4v) is 4.85. The lowest BCUT2D eigenvalue weighted by molar-refractivity contribution is -0.119. The molecule has 3 aromatic rings. The maximum atomic E-state index is 13.4. The second kappa shape index (κ2) is 9.45. The van der Waals surface area contributed by atoms with Gasteiger partial charge in [-0.05, 0) is 54.7 Å². The first kappa shape index (κ1) is 21.2. The van der Waals surface area contributed by atoms with E-state index in [1.165, 1.54) is 5.69 Å². The predicted octanol–water partition coefficient (Wildman–Crippen LogP) is 3.99. The minimum Gasteiger partial charge on any atom is -0.371 e. The summed E-state index contributed by atoms with van der Waals surface area (Å²) in [7, 11) is 0. The molecule has 2 amide bonds. The fraction of sp³-hybridized carbons (Fsp3) is 0.296. The fourth-order valence-electron chi connectivity index (χ4n) is 4.85. The van der Waals surface area contributed by atoms with Crippen LogP contribution in [-0.4, -0.2) is 47.9 Å². The SMILES string of the molecule is O=C(c1ccccc1)N1CC(=O)N(CC2CCN(c3ccncc3)CC2)c2ccccc2C1. The molecule has 0 N–H and O–H groups in total. The molecule has 0 aliphatic carbocycles. The number of nitrogens with zero attached hydrogens (tertiary/aromatic N) is 4. The van der Waals surface area contributed by atoms with Gasteiger partial charge in [0.15, 0.2) is 0 Å². The summed E-state index contributed by atoms with van der Waals surface area (Å²) in [6.07, 6.45) is 5.72. The lowest BCUT2D eigenvalue weighted by Gasteiger charge is -2.36. The third-order valence-corrected chi connectivity index (χ3v) is 6.66. The zero-order valence-corrected chi connectivity index (χ0v) is 18.6. The van der Waals surface area contributed by atoms with E-state index in [0.29, 0.717) is 24.6 Å². The van der Waals surface area contributed by atoms with Crippen molar-refractivity contribution in [2.24, 2.45) is 5.92 Å². The van der Waals surface area contributed by atoms with E-state index in [2.05, 4.69) is 9.88 Å². The Labute approximate surface area is 194 Å². The smallest absolute Gasteiger partial charge is 0.254 e. The topological polar surface area (TPSA) is 56.8 Å². The first-order chi connectivity index (χ1) is 16.2. The summed E-state index contributed by atoms with van der Waals surface area (Å²) in [6.45, 7) is 3.16. The summed E-state index contributed by atoms with van der Waals surface area (Å²) in [5.41, 5.74) is 3.76. The highest BCUT2D eigenvalue weighted by Gasteiger charge is 2.31. The van der Waals surface area contributed by atoms with Crippen LogP contribution in [0.25, 0.3) is 0 Å². The molecule has 0 radical (unpaired) electrons. The number of anilines is 2. The van der Waals surface area contributed by atoms with E-state index in [0.717, 1.165) is 37.2 Å². The molecule has 1 aromatic heterocycles. The van der Waals surface area contributed by atoms with Crippen molar-refractivity contribution in [2.45, 2.75) is 19.4 Å². The van der Waals surface area contributed by atoms with Crippen LogP contribution in [0.1, 0.15) is 28.8 Å².